The highest BCUT2D eigenvalue weighted by Gasteiger charge is 2.18. The molecule has 204 valence electrons. The van der Waals surface area contributed by atoms with Gasteiger partial charge < -0.3 is 0 Å². The predicted octanol–water partition coefficient (Wildman–Crippen LogP) is 10.0. The molecular weight excluding hydrogens is 536 g/mol. The molecule has 2 heterocycles. The van der Waals surface area contributed by atoms with E-state index in [4.69, 9.17) is 4.98 Å². The molecule has 0 unspecified atom stereocenters. The van der Waals surface area contributed by atoms with Crippen molar-refractivity contribution in [3.63, 3.8) is 0 Å². The Labute approximate surface area is 253 Å². The summed E-state index contributed by atoms with van der Waals surface area (Å²) < 4.78 is 0. The molecule has 0 aliphatic heterocycles. The van der Waals surface area contributed by atoms with Gasteiger partial charge in [0.1, 0.15) is 11.8 Å². The van der Waals surface area contributed by atoms with Crippen molar-refractivity contribution in [1.82, 2.24) is 20.2 Å². The van der Waals surface area contributed by atoms with Gasteiger partial charge in [0.05, 0.1) is 16.9 Å². The lowest BCUT2D eigenvalue weighted by Crippen LogP contribution is -1.95. The summed E-state index contributed by atoms with van der Waals surface area (Å²) in [7, 11) is 0. The number of hydrogen-bond donors (Lipinski definition) is 0. The second-order valence-electron chi connectivity index (χ2n) is 11.2. The van der Waals surface area contributed by atoms with Gasteiger partial charge in [0.15, 0.2) is 0 Å². The lowest BCUT2D eigenvalue weighted by molar-refractivity contribution is 1.02. The number of fused-ring (bicyclic) bond motifs is 5. The molecule has 9 rings (SSSR count). The van der Waals surface area contributed by atoms with Gasteiger partial charge in [-0.05, 0) is 90.6 Å². The Morgan fingerprint density at radius 1 is 0.386 bits per heavy atom. The monoisotopic (exact) mass is 560 g/mol. The zero-order valence-electron chi connectivity index (χ0n) is 23.6. The molecule has 0 saturated carbocycles. The van der Waals surface area contributed by atoms with Crippen LogP contribution in [-0.4, -0.2) is 20.2 Å². The van der Waals surface area contributed by atoms with E-state index in [1.54, 1.807) is 0 Å². The van der Waals surface area contributed by atoms with Crippen LogP contribution in [0, 0.1) is 0 Å². The average molecular weight is 561 g/mol. The van der Waals surface area contributed by atoms with Crippen molar-refractivity contribution in [3.8, 4) is 33.6 Å². The second kappa shape index (κ2) is 9.79. The van der Waals surface area contributed by atoms with Crippen molar-refractivity contribution in [2.24, 2.45) is 0 Å². The van der Waals surface area contributed by atoms with Crippen LogP contribution in [0.3, 0.4) is 0 Å². The number of rotatable bonds is 3. The third-order valence-corrected chi connectivity index (χ3v) is 8.60. The molecule has 9 aromatic rings. The molecule has 0 bridgehead atoms. The van der Waals surface area contributed by atoms with Crippen LogP contribution < -0.4 is 0 Å². The Bertz CT molecular complexity index is 2320. The molecule has 0 N–H and O–H groups in total. The van der Waals surface area contributed by atoms with Gasteiger partial charge in [0, 0.05) is 11.1 Å². The van der Waals surface area contributed by atoms with E-state index in [1.165, 1.54) is 49.4 Å². The van der Waals surface area contributed by atoms with Crippen LogP contribution in [0.5, 0.6) is 0 Å². The summed E-state index contributed by atoms with van der Waals surface area (Å²) >= 11 is 0. The normalized spacial score (nSPS) is 11.6. The predicted molar refractivity (Wildman–Crippen MR) is 181 cm³/mol. The van der Waals surface area contributed by atoms with Crippen LogP contribution in [-0.2, 0) is 0 Å². The molecule has 0 radical (unpaired) electrons. The maximum absolute atomic E-state index is 5.52. The fourth-order valence-corrected chi connectivity index (χ4v) is 6.60. The largest absolute Gasteiger partial charge is 0.248 e. The zero-order valence-corrected chi connectivity index (χ0v) is 23.6. The minimum atomic E-state index is 0.760. The summed E-state index contributed by atoms with van der Waals surface area (Å²) in [6.07, 6.45) is 1.49. The zero-order chi connectivity index (χ0) is 29.0. The highest BCUT2D eigenvalue weighted by Crippen LogP contribution is 2.41. The number of benzene rings is 7. The Balaban J connectivity index is 1.43. The Morgan fingerprint density at radius 2 is 0.864 bits per heavy atom. The van der Waals surface area contributed by atoms with Gasteiger partial charge >= 0.3 is 0 Å². The van der Waals surface area contributed by atoms with Crippen molar-refractivity contribution in [3.05, 3.63) is 146 Å². The molecule has 4 nitrogen and oxygen atoms in total. The molecule has 0 amide bonds. The van der Waals surface area contributed by atoms with Crippen LogP contribution in [0.15, 0.2) is 146 Å². The fraction of sp³-hybridized carbons (Fsp3) is 0. The Kier molecular flexibility index (Phi) is 5.47. The summed E-state index contributed by atoms with van der Waals surface area (Å²) in [5.41, 5.74) is 7.81. The fourth-order valence-electron chi connectivity index (χ4n) is 6.60. The first kappa shape index (κ1) is 24.6. The van der Waals surface area contributed by atoms with E-state index in [-0.39, 0.29) is 0 Å². The summed E-state index contributed by atoms with van der Waals surface area (Å²) in [5, 5.41) is 17.9. The Hall–Kier alpha value is -6.00. The smallest absolute Gasteiger partial charge is 0.138 e. The van der Waals surface area contributed by atoms with E-state index in [1.807, 2.05) is 6.07 Å². The van der Waals surface area contributed by atoms with Gasteiger partial charge in [-0.1, -0.05) is 103 Å². The molecule has 44 heavy (non-hydrogen) atoms. The van der Waals surface area contributed by atoms with E-state index in [0.717, 1.165) is 44.7 Å². The minimum Gasteiger partial charge on any atom is -0.248 e. The first-order valence-electron chi connectivity index (χ1n) is 14.7. The quantitative estimate of drug-likeness (QED) is 0.202. The number of hydrogen-bond acceptors (Lipinski definition) is 4. The maximum atomic E-state index is 5.52. The van der Waals surface area contributed by atoms with Gasteiger partial charge in [-0.3, -0.25) is 0 Å². The summed E-state index contributed by atoms with van der Waals surface area (Å²) in [6.45, 7) is 0. The van der Waals surface area contributed by atoms with Crippen LogP contribution in [0.2, 0.25) is 0 Å². The molecule has 7 aromatic carbocycles. The number of aromatic nitrogens is 4. The van der Waals surface area contributed by atoms with Crippen LogP contribution in [0.4, 0.5) is 0 Å². The molecule has 0 aliphatic carbocycles. The van der Waals surface area contributed by atoms with E-state index in [2.05, 4.69) is 149 Å². The Morgan fingerprint density at radius 3 is 1.36 bits per heavy atom. The second-order valence-corrected chi connectivity index (χ2v) is 11.2. The lowest BCUT2D eigenvalue weighted by atomic mass is 9.90. The first-order valence-corrected chi connectivity index (χ1v) is 14.7. The highest BCUT2D eigenvalue weighted by atomic mass is 15.1. The maximum Gasteiger partial charge on any atom is 0.138 e. The average Bonchev–Trinajstić information content (AvgIpc) is 3.09. The minimum absolute atomic E-state index is 0.760. The molecule has 0 saturated heterocycles. The van der Waals surface area contributed by atoms with Gasteiger partial charge in [-0.2, -0.15) is 0 Å². The molecule has 0 spiro atoms. The number of pyridine rings is 1. The molecule has 0 fully saturated rings. The summed E-state index contributed by atoms with van der Waals surface area (Å²) in [5.74, 6) is 0. The molecule has 4 heteroatoms. The van der Waals surface area contributed by atoms with Crippen LogP contribution >= 0.6 is 0 Å². The van der Waals surface area contributed by atoms with Crippen molar-refractivity contribution < 1.29 is 0 Å². The topological polar surface area (TPSA) is 51.6 Å². The third kappa shape index (κ3) is 3.92. The van der Waals surface area contributed by atoms with E-state index in [9.17, 15) is 0 Å². The van der Waals surface area contributed by atoms with Gasteiger partial charge in [-0.15, -0.1) is 10.2 Å². The highest BCUT2D eigenvalue weighted by molar-refractivity contribution is 6.14. The van der Waals surface area contributed by atoms with Crippen molar-refractivity contribution in [2.45, 2.75) is 0 Å². The summed E-state index contributed by atoms with van der Waals surface area (Å²) in [6, 6.07) is 49.6. The third-order valence-electron chi connectivity index (χ3n) is 8.60. The number of nitrogens with zero attached hydrogens (tertiary/aromatic N) is 4. The van der Waals surface area contributed by atoms with Crippen molar-refractivity contribution in [2.75, 3.05) is 0 Å². The van der Waals surface area contributed by atoms with E-state index in [0.29, 0.717) is 0 Å². The van der Waals surface area contributed by atoms with Crippen molar-refractivity contribution in [1.29, 1.82) is 0 Å². The molecule has 0 atom stereocenters. The van der Waals surface area contributed by atoms with Gasteiger partial charge in [0.2, 0.25) is 0 Å². The van der Waals surface area contributed by atoms with Gasteiger partial charge in [-0.25, -0.2) is 9.97 Å². The van der Waals surface area contributed by atoms with Crippen LogP contribution in [0.1, 0.15) is 0 Å². The lowest BCUT2D eigenvalue weighted by Gasteiger charge is -2.17. The first-order chi connectivity index (χ1) is 21.8. The summed E-state index contributed by atoms with van der Waals surface area (Å²) in [4.78, 5) is 9.92. The SMILES string of the molecule is c1ccc2c(-c3cc(-c4ccc5ncnnc5c4)cc(-c4c5ccccc5cc5ccccc45)n3)c3ccccc3cc2c1. The standard InChI is InChI=1S/C40H24N4/c1-5-13-31-26(9-1)19-27-10-2-6-14-32(27)39(31)37-22-30(25-17-18-35-36(21-25)44-42-24-41-35)23-38(43-37)40-33-15-7-3-11-28(33)20-29-12-4-8-16-34(29)40/h1-24H. The van der Waals surface area contributed by atoms with E-state index >= 15 is 0 Å². The molecule has 0 aliphatic rings. The van der Waals surface area contributed by atoms with Gasteiger partial charge in [0.25, 0.3) is 0 Å². The molecular formula is C40H24N4. The van der Waals surface area contributed by atoms with Crippen LogP contribution in [0.25, 0.3) is 87.8 Å². The molecule has 2 aromatic heterocycles. The van der Waals surface area contributed by atoms with Crippen molar-refractivity contribution >= 4 is 54.1 Å². The van der Waals surface area contributed by atoms with E-state index < -0.39 is 0 Å².